The first-order chi connectivity index (χ1) is 9.36. The highest BCUT2D eigenvalue weighted by Gasteiger charge is 2.06. The Morgan fingerprint density at radius 2 is 2.05 bits per heavy atom. The Balaban J connectivity index is 1.93. The van der Waals surface area contributed by atoms with E-state index in [2.05, 4.69) is 47.3 Å². The topological polar surface area (TPSA) is 26.2 Å². The van der Waals surface area contributed by atoms with Crippen LogP contribution < -0.4 is 5.32 Å². The number of hydrogen-bond donors (Lipinski definition) is 1. The van der Waals surface area contributed by atoms with E-state index in [0.717, 1.165) is 32.7 Å². The average Bonchev–Trinajstić information content (AvgIpc) is 2.81. The van der Waals surface area contributed by atoms with Crippen molar-refractivity contribution in [2.75, 3.05) is 26.8 Å². The Hall–Kier alpha value is -1.32. The van der Waals surface area contributed by atoms with Crippen LogP contribution in [0.15, 0.2) is 30.5 Å². The van der Waals surface area contributed by atoms with Gasteiger partial charge in [0.05, 0.1) is 6.61 Å². The fourth-order valence-corrected chi connectivity index (χ4v) is 2.49. The van der Waals surface area contributed by atoms with Gasteiger partial charge in [-0.2, -0.15) is 0 Å². The van der Waals surface area contributed by atoms with E-state index in [0.29, 0.717) is 0 Å². The first-order valence-corrected chi connectivity index (χ1v) is 7.13. The summed E-state index contributed by atoms with van der Waals surface area (Å²) >= 11 is 0. The number of nitrogens with zero attached hydrogens (tertiary/aromatic N) is 1. The van der Waals surface area contributed by atoms with Gasteiger partial charge in [-0.25, -0.2) is 0 Å². The lowest BCUT2D eigenvalue weighted by Gasteiger charge is -2.03. The predicted molar refractivity (Wildman–Crippen MR) is 80.7 cm³/mol. The van der Waals surface area contributed by atoms with E-state index in [1.807, 2.05) is 0 Å². The number of ether oxygens (including phenoxy) is 1. The molecule has 0 saturated carbocycles. The van der Waals surface area contributed by atoms with E-state index in [1.165, 1.54) is 22.9 Å². The molecule has 1 aromatic heterocycles. The molecule has 2 aromatic rings. The number of rotatable bonds is 8. The van der Waals surface area contributed by atoms with Gasteiger partial charge in [-0.15, -0.1) is 0 Å². The van der Waals surface area contributed by atoms with E-state index in [9.17, 15) is 0 Å². The Kier molecular flexibility index (Phi) is 5.43. The van der Waals surface area contributed by atoms with Crippen molar-refractivity contribution >= 4 is 10.9 Å². The summed E-state index contributed by atoms with van der Waals surface area (Å²) in [6.45, 7) is 6.01. The second kappa shape index (κ2) is 7.31. The molecule has 0 aliphatic heterocycles. The Morgan fingerprint density at radius 3 is 2.84 bits per heavy atom. The van der Waals surface area contributed by atoms with Crippen molar-refractivity contribution in [1.29, 1.82) is 0 Å². The van der Waals surface area contributed by atoms with Crippen molar-refractivity contribution in [2.24, 2.45) is 0 Å². The van der Waals surface area contributed by atoms with Crippen LogP contribution in [0.1, 0.15) is 18.9 Å². The molecule has 1 N–H and O–H groups in total. The van der Waals surface area contributed by atoms with Crippen LogP contribution in [-0.2, 0) is 17.7 Å². The Morgan fingerprint density at radius 1 is 1.21 bits per heavy atom. The van der Waals surface area contributed by atoms with Crippen LogP contribution in [0.2, 0.25) is 0 Å². The molecule has 0 fully saturated rings. The molecular formula is C16H24N2O. The van der Waals surface area contributed by atoms with Crippen LogP contribution in [-0.4, -0.2) is 31.4 Å². The summed E-state index contributed by atoms with van der Waals surface area (Å²) < 4.78 is 7.35. The van der Waals surface area contributed by atoms with Gasteiger partial charge in [-0.3, -0.25) is 0 Å². The molecule has 1 aromatic carbocycles. The second-order valence-corrected chi connectivity index (χ2v) is 4.80. The second-order valence-electron chi connectivity index (χ2n) is 4.80. The van der Waals surface area contributed by atoms with Gasteiger partial charge in [0.25, 0.3) is 0 Å². The fraction of sp³-hybridized carbons (Fsp3) is 0.500. The summed E-state index contributed by atoms with van der Waals surface area (Å²) in [7, 11) is 1.74. The van der Waals surface area contributed by atoms with Crippen LogP contribution in [0.4, 0.5) is 0 Å². The first kappa shape index (κ1) is 14.1. The minimum Gasteiger partial charge on any atom is -0.383 e. The molecule has 104 valence electrons. The van der Waals surface area contributed by atoms with Gasteiger partial charge in [-0.1, -0.05) is 18.2 Å². The lowest BCUT2D eigenvalue weighted by Crippen LogP contribution is -2.20. The highest BCUT2D eigenvalue weighted by Crippen LogP contribution is 2.22. The smallest absolute Gasteiger partial charge is 0.0587 e. The maximum Gasteiger partial charge on any atom is 0.0587 e. The quantitative estimate of drug-likeness (QED) is 0.739. The van der Waals surface area contributed by atoms with Crippen molar-refractivity contribution in [3.05, 3.63) is 36.0 Å². The number of methoxy groups -OCH3 is 1. The summed E-state index contributed by atoms with van der Waals surface area (Å²) in [6, 6.07) is 8.68. The SMILES string of the molecule is CCn1cc(CCCNCCOC)c2ccccc21. The highest BCUT2D eigenvalue weighted by molar-refractivity contribution is 5.83. The minimum atomic E-state index is 0.787. The molecule has 0 amide bonds. The lowest BCUT2D eigenvalue weighted by molar-refractivity contribution is 0.199. The predicted octanol–water partition coefficient (Wildman–Crippen LogP) is 2.83. The normalized spacial score (nSPS) is 11.3. The number of aromatic nitrogens is 1. The average molecular weight is 260 g/mol. The molecule has 0 spiro atoms. The largest absolute Gasteiger partial charge is 0.383 e. The molecule has 3 heteroatoms. The van der Waals surface area contributed by atoms with Crippen molar-refractivity contribution in [3.63, 3.8) is 0 Å². The van der Waals surface area contributed by atoms with E-state index in [1.54, 1.807) is 7.11 Å². The van der Waals surface area contributed by atoms with Crippen molar-refractivity contribution in [3.8, 4) is 0 Å². The summed E-state index contributed by atoms with van der Waals surface area (Å²) in [5.74, 6) is 0. The number of para-hydroxylation sites is 1. The zero-order valence-corrected chi connectivity index (χ0v) is 12.0. The number of aryl methyl sites for hydroxylation is 2. The highest BCUT2D eigenvalue weighted by atomic mass is 16.5. The zero-order chi connectivity index (χ0) is 13.5. The Bertz CT molecular complexity index is 504. The molecular weight excluding hydrogens is 236 g/mol. The summed E-state index contributed by atoms with van der Waals surface area (Å²) in [6.07, 6.45) is 4.61. The lowest BCUT2D eigenvalue weighted by atomic mass is 10.1. The molecule has 0 aliphatic carbocycles. The number of nitrogens with one attached hydrogen (secondary N) is 1. The number of benzene rings is 1. The first-order valence-electron chi connectivity index (χ1n) is 7.13. The van der Waals surface area contributed by atoms with Gasteiger partial charge >= 0.3 is 0 Å². The van der Waals surface area contributed by atoms with Crippen LogP contribution in [0, 0.1) is 0 Å². The van der Waals surface area contributed by atoms with Gasteiger partial charge < -0.3 is 14.6 Å². The zero-order valence-electron chi connectivity index (χ0n) is 12.0. The molecule has 2 rings (SSSR count). The van der Waals surface area contributed by atoms with Crippen LogP contribution in [0.25, 0.3) is 10.9 Å². The third-order valence-corrected chi connectivity index (χ3v) is 3.49. The van der Waals surface area contributed by atoms with E-state index < -0.39 is 0 Å². The van der Waals surface area contributed by atoms with E-state index in [4.69, 9.17) is 4.74 Å². The molecule has 3 nitrogen and oxygen atoms in total. The molecule has 0 radical (unpaired) electrons. The third-order valence-electron chi connectivity index (χ3n) is 3.49. The van der Waals surface area contributed by atoms with Gasteiger partial charge in [0.2, 0.25) is 0 Å². The number of hydrogen-bond acceptors (Lipinski definition) is 2. The van der Waals surface area contributed by atoms with Gasteiger partial charge in [-0.05, 0) is 37.9 Å². The minimum absolute atomic E-state index is 0.787. The third kappa shape index (κ3) is 3.58. The van der Waals surface area contributed by atoms with Gasteiger partial charge in [0, 0.05) is 37.3 Å². The van der Waals surface area contributed by atoms with Crippen molar-refractivity contribution < 1.29 is 4.74 Å². The van der Waals surface area contributed by atoms with E-state index >= 15 is 0 Å². The fourth-order valence-electron chi connectivity index (χ4n) is 2.49. The van der Waals surface area contributed by atoms with Gasteiger partial charge in [0.15, 0.2) is 0 Å². The number of fused-ring (bicyclic) bond motifs is 1. The molecule has 1 heterocycles. The molecule has 19 heavy (non-hydrogen) atoms. The maximum atomic E-state index is 5.02. The summed E-state index contributed by atoms with van der Waals surface area (Å²) in [5.41, 5.74) is 2.82. The molecule has 0 aliphatic rings. The standard InChI is InChI=1S/C16H24N2O/c1-3-18-13-14(7-6-10-17-11-12-19-2)15-8-4-5-9-16(15)18/h4-5,8-9,13,17H,3,6-7,10-12H2,1-2H3. The van der Waals surface area contributed by atoms with Crippen molar-refractivity contribution in [1.82, 2.24) is 9.88 Å². The Labute approximate surface area is 115 Å². The molecule has 0 atom stereocenters. The maximum absolute atomic E-state index is 5.02. The van der Waals surface area contributed by atoms with Crippen LogP contribution in [0.3, 0.4) is 0 Å². The van der Waals surface area contributed by atoms with Gasteiger partial charge in [0.1, 0.15) is 0 Å². The van der Waals surface area contributed by atoms with Crippen LogP contribution >= 0.6 is 0 Å². The molecule has 0 bridgehead atoms. The van der Waals surface area contributed by atoms with Crippen molar-refractivity contribution in [2.45, 2.75) is 26.3 Å². The summed E-state index contributed by atoms with van der Waals surface area (Å²) in [4.78, 5) is 0. The monoisotopic (exact) mass is 260 g/mol. The summed E-state index contributed by atoms with van der Waals surface area (Å²) in [5, 5.41) is 4.80. The van der Waals surface area contributed by atoms with E-state index in [-0.39, 0.29) is 0 Å². The molecule has 0 saturated heterocycles. The van der Waals surface area contributed by atoms with Crippen LogP contribution in [0.5, 0.6) is 0 Å². The molecule has 0 unspecified atom stereocenters.